The molecule has 1 aliphatic rings. The molecule has 3 aromatic rings. The van der Waals surface area contributed by atoms with Crippen LogP contribution in [0.15, 0.2) is 67.0 Å². The van der Waals surface area contributed by atoms with Crippen molar-refractivity contribution in [3.8, 4) is 11.5 Å². The third-order valence-electron chi connectivity index (χ3n) is 6.11. The molecule has 0 saturated carbocycles. The first-order valence-corrected chi connectivity index (χ1v) is 11.0. The van der Waals surface area contributed by atoms with Gasteiger partial charge in [0, 0.05) is 44.1 Å². The van der Waals surface area contributed by atoms with E-state index in [1.54, 1.807) is 26.6 Å². The van der Waals surface area contributed by atoms with E-state index in [0.29, 0.717) is 30.9 Å². The predicted molar refractivity (Wildman–Crippen MR) is 129 cm³/mol. The molecule has 1 atom stereocenters. The van der Waals surface area contributed by atoms with Crippen LogP contribution >= 0.6 is 0 Å². The van der Waals surface area contributed by atoms with Crippen LogP contribution in [-0.4, -0.2) is 61.6 Å². The van der Waals surface area contributed by atoms with Gasteiger partial charge in [0.25, 0.3) is 5.91 Å². The molecule has 1 fully saturated rings. The highest BCUT2D eigenvalue weighted by atomic mass is 16.5. The first kappa shape index (κ1) is 22.6. The van der Waals surface area contributed by atoms with Crippen molar-refractivity contribution < 1.29 is 14.3 Å². The molecule has 0 radical (unpaired) electrons. The summed E-state index contributed by atoms with van der Waals surface area (Å²) in [6.45, 7) is 2.75. The Labute approximate surface area is 195 Å². The van der Waals surface area contributed by atoms with E-state index in [-0.39, 0.29) is 11.9 Å². The minimum absolute atomic E-state index is 0.0243. The van der Waals surface area contributed by atoms with E-state index in [9.17, 15) is 4.79 Å². The van der Waals surface area contributed by atoms with Gasteiger partial charge in [-0.3, -0.25) is 14.7 Å². The number of ether oxygens (including phenoxy) is 2. The van der Waals surface area contributed by atoms with Gasteiger partial charge in [-0.05, 0) is 60.6 Å². The Bertz CT molecular complexity index is 1070. The van der Waals surface area contributed by atoms with Crippen LogP contribution in [0.25, 0.3) is 0 Å². The number of hydrogen-bond acceptors (Lipinski definition) is 6. The van der Waals surface area contributed by atoms with Gasteiger partial charge in [-0.2, -0.15) is 0 Å². The van der Waals surface area contributed by atoms with Gasteiger partial charge in [0.1, 0.15) is 11.5 Å². The van der Waals surface area contributed by atoms with Gasteiger partial charge in [-0.25, -0.2) is 0 Å². The molecule has 2 aromatic carbocycles. The lowest BCUT2D eigenvalue weighted by Crippen LogP contribution is -2.49. The molecular weight excluding hydrogens is 416 g/mol. The summed E-state index contributed by atoms with van der Waals surface area (Å²) in [5, 5.41) is 3.39. The normalized spacial score (nSPS) is 16.3. The molecule has 1 N–H and O–H groups in total. The van der Waals surface area contributed by atoms with Gasteiger partial charge in [-0.1, -0.05) is 12.1 Å². The van der Waals surface area contributed by atoms with Crippen molar-refractivity contribution in [1.82, 2.24) is 14.8 Å². The summed E-state index contributed by atoms with van der Waals surface area (Å²) >= 11 is 0. The van der Waals surface area contributed by atoms with E-state index in [4.69, 9.17) is 9.47 Å². The van der Waals surface area contributed by atoms with Crippen molar-refractivity contribution >= 4 is 11.6 Å². The van der Waals surface area contributed by atoms with Crippen LogP contribution in [0.1, 0.15) is 27.5 Å². The lowest BCUT2D eigenvalue weighted by atomic mass is 10.0. The number of carbonyl (C=O) groups excluding carboxylic acids is 1. The monoisotopic (exact) mass is 446 g/mol. The first-order valence-electron chi connectivity index (χ1n) is 11.0. The molecule has 7 nitrogen and oxygen atoms in total. The van der Waals surface area contributed by atoms with E-state index < -0.39 is 0 Å². The second-order valence-corrected chi connectivity index (χ2v) is 8.14. The predicted octanol–water partition coefficient (Wildman–Crippen LogP) is 3.84. The topological polar surface area (TPSA) is 66.9 Å². The number of methoxy groups -OCH3 is 2. The summed E-state index contributed by atoms with van der Waals surface area (Å²) in [5.74, 6) is 1.56. The highest BCUT2D eigenvalue weighted by Gasteiger charge is 2.29. The van der Waals surface area contributed by atoms with Crippen molar-refractivity contribution in [3.63, 3.8) is 0 Å². The number of hydrogen-bond donors (Lipinski definition) is 1. The van der Waals surface area contributed by atoms with Crippen LogP contribution in [0, 0.1) is 0 Å². The van der Waals surface area contributed by atoms with E-state index in [1.807, 2.05) is 47.4 Å². The number of piperazine rings is 1. The molecule has 1 aliphatic heterocycles. The quantitative estimate of drug-likeness (QED) is 0.595. The molecule has 1 amide bonds. The second kappa shape index (κ2) is 10.4. The number of likely N-dealkylation sites (N-methyl/N-ethyl adjacent to an activating group) is 1. The van der Waals surface area contributed by atoms with E-state index in [1.165, 1.54) is 5.56 Å². The summed E-state index contributed by atoms with van der Waals surface area (Å²) in [6.07, 6.45) is 3.53. The number of benzene rings is 2. The fourth-order valence-corrected chi connectivity index (χ4v) is 4.10. The summed E-state index contributed by atoms with van der Waals surface area (Å²) in [7, 11) is 5.40. The Kier molecular flexibility index (Phi) is 7.10. The number of nitrogens with one attached hydrogen (secondary N) is 1. The van der Waals surface area contributed by atoms with Gasteiger partial charge in [0.2, 0.25) is 0 Å². The van der Waals surface area contributed by atoms with E-state index in [2.05, 4.69) is 34.4 Å². The zero-order valence-corrected chi connectivity index (χ0v) is 19.3. The van der Waals surface area contributed by atoms with Crippen LogP contribution < -0.4 is 14.8 Å². The molecule has 0 bridgehead atoms. The van der Waals surface area contributed by atoms with Gasteiger partial charge < -0.3 is 19.7 Å². The fraction of sp³-hybridized carbons (Fsp3) is 0.308. The van der Waals surface area contributed by atoms with Crippen molar-refractivity contribution in [2.75, 3.05) is 46.2 Å². The van der Waals surface area contributed by atoms with Crippen molar-refractivity contribution in [2.24, 2.45) is 0 Å². The third kappa shape index (κ3) is 5.26. The standard InChI is InChI=1S/C26H30N4O3/c1-29-14-15-30(18-24(29)20-4-7-22(32-2)8-5-20)26(31)21-6-9-25(33-3)23(16-21)28-17-19-10-12-27-13-11-19/h4-13,16,24,28H,14-15,17-18H2,1-3H3/t24-/m0/s1. The average Bonchev–Trinajstić information content (AvgIpc) is 2.88. The molecule has 0 unspecified atom stereocenters. The Morgan fingerprint density at radius 1 is 1.03 bits per heavy atom. The largest absolute Gasteiger partial charge is 0.497 e. The summed E-state index contributed by atoms with van der Waals surface area (Å²) in [6, 6.07) is 17.7. The Morgan fingerprint density at radius 2 is 1.79 bits per heavy atom. The number of nitrogens with zero attached hydrogens (tertiary/aromatic N) is 3. The minimum Gasteiger partial charge on any atom is -0.497 e. The van der Waals surface area contributed by atoms with Gasteiger partial charge >= 0.3 is 0 Å². The average molecular weight is 447 g/mol. The number of carbonyl (C=O) groups is 1. The van der Waals surface area contributed by atoms with Crippen molar-refractivity contribution in [2.45, 2.75) is 12.6 Å². The van der Waals surface area contributed by atoms with Crippen LogP contribution in [0.4, 0.5) is 5.69 Å². The Hall–Kier alpha value is -3.58. The maximum absolute atomic E-state index is 13.4. The third-order valence-corrected chi connectivity index (χ3v) is 6.11. The summed E-state index contributed by atoms with van der Waals surface area (Å²) in [4.78, 5) is 21.7. The maximum Gasteiger partial charge on any atom is 0.254 e. The van der Waals surface area contributed by atoms with Crippen LogP contribution in [0.5, 0.6) is 11.5 Å². The molecule has 1 saturated heterocycles. The van der Waals surface area contributed by atoms with Crippen LogP contribution in [0.3, 0.4) is 0 Å². The molecule has 1 aromatic heterocycles. The molecule has 2 heterocycles. The van der Waals surface area contributed by atoms with Gasteiger partial charge in [0.05, 0.1) is 25.9 Å². The summed E-state index contributed by atoms with van der Waals surface area (Å²) < 4.78 is 10.8. The SMILES string of the molecule is COc1ccc([C@@H]2CN(C(=O)c3ccc(OC)c(NCc4ccncc4)c3)CCN2C)cc1. The molecule has 0 aliphatic carbocycles. The molecule has 4 rings (SSSR count). The van der Waals surface area contributed by atoms with Gasteiger partial charge in [-0.15, -0.1) is 0 Å². The molecule has 7 heteroatoms. The lowest BCUT2D eigenvalue weighted by molar-refractivity contribution is 0.0546. The number of aromatic nitrogens is 1. The number of rotatable bonds is 7. The number of anilines is 1. The molecule has 172 valence electrons. The van der Waals surface area contributed by atoms with Crippen LogP contribution in [0.2, 0.25) is 0 Å². The molecule has 33 heavy (non-hydrogen) atoms. The fourth-order valence-electron chi connectivity index (χ4n) is 4.10. The van der Waals surface area contributed by atoms with Gasteiger partial charge in [0.15, 0.2) is 0 Å². The number of pyridine rings is 1. The van der Waals surface area contributed by atoms with Crippen molar-refractivity contribution in [1.29, 1.82) is 0 Å². The maximum atomic E-state index is 13.4. The minimum atomic E-state index is 0.0243. The lowest BCUT2D eigenvalue weighted by Gasteiger charge is -2.39. The molecular formula is C26H30N4O3. The Balaban J connectivity index is 1.50. The smallest absolute Gasteiger partial charge is 0.254 e. The van der Waals surface area contributed by atoms with E-state index in [0.717, 1.165) is 23.5 Å². The highest BCUT2D eigenvalue weighted by molar-refractivity contribution is 5.95. The number of amides is 1. The Morgan fingerprint density at radius 3 is 2.48 bits per heavy atom. The second-order valence-electron chi connectivity index (χ2n) is 8.14. The summed E-state index contributed by atoms with van der Waals surface area (Å²) in [5.41, 5.74) is 3.71. The van der Waals surface area contributed by atoms with E-state index >= 15 is 0 Å². The molecule has 0 spiro atoms. The highest BCUT2D eigenvalue weighted by Crippen LogP contribution is 2.29. The zero-order valence-electron chi connectivity index (χ0n) is 19.3. The zero-order chi connectivity index (χ0) is 23.2. The van der Waals surface area contributed by atoms with Crippen molar-refractivity contribution in [3.05, 3.63) is 83.7 Å². The van der Waals surface area contributed by atoms with Crippen LogP contribution in [-0.2, 0) is 6.54 Å². The first-order chi connectivity index (χ1) is 16.1.